The van der Waals surface area contributed by atoms with Gasteiger partial charge in [-0.2, -0.15) is 0 Å². The van der Waals surface area contributed by atoms with E-state index < -0.39 is 0 Å². The van der Waals surface area contributed by atoms with Gasteiger partial charge in [-0.25, -0.2) is 0 Å². The lowest BCUT2D eigenvalue weighted by Crippen LogP contribution is -2.33. The first-order chi connectivity index (χ1) is 4.69. The van der Waals surface area contributed by atoms with E-state index in [1.165, 1.54) is 25.8 Å². The highest BCUT2D eigenvalue weighted by atomic mass is 14.9. The van der Waals surface area contributed by atoms with E-state index >= 15 is 0 Å². The van der Waals surface area contributed by atoms with E-state index in [2.05, 4.69) is 26.1 Å². The molecule has 0 amide bonds. The van der Waals surface area contributed by atoms with E-state index in [4.69, 9.17) is 0 Å². The Bertz CT molecular complexity index is 110. The summed E-state index contributed by atoms with van der Waals surface area (Å²) in [7, 11) is 0. The normalized spacial score (nSPS) is 24.3. The highest BCUT2D eigenvalue weighted by Gasteiger charge is 2.41. The summed E-state index contributed by atoms with van der Waals surface area (Å²) in [6, 6.07) is 0.729. The first kappa shape index (κ1) is 8.06. The fourth-order valence-corrected chi connectivity index (χ4v) is 1.24. The molecule has 0 saturated heterocycles. The van der Waals surface area contributed by atoms with E-state index in [0.717, 1.165) is 6.04 Å². The van der Waals surface area contributed by atoms with Gasteiger partial charge in [0.1, 0.15) is 0 Å². The summed E-state index contributed by atoms with van der Waals surface area (Å²) in [4.78, 5) is 0. The van der Waals surface area contributed by atoms with Crippen LogP contribution < -0.4 is 5.32 Å². The van der Waals surface area contributed by atoms with E-state index in [1.54, 1.807) is 0 Å². The SMILES string of the molecule is CCCN[C@H](C)C1(C)CC1.[HH]. The lowest BCUT2D eigenvalue weighted by Gasteiger charge is -2.19. The van der Waals surface area contributed by atoms with Crippen molar-refractivity contribution in [3.63, 3.8) is 0 Å². The molecule has 1 aliphatic carbocycles. The molecule has 0 unspecified atom stereocenters. The Balaban J connectivity index is 0.000001000. The van der Waals surface area contributed by atoms with Crippen LogP contribution in [0.4, 0.5) is 0 Å². The van der Waals surface area contributed by atoms with Gasteiger partial charge in [0, 0.05) is 7.47 Å². The predicted molar refractivity (Wildman–Crippen MR) is 47.2 cm³/mol. The summed E-state index contributed by atoms with van der Waals surface area (Å²) >= 11 is 0. The molecule has 10 heavy (non-hydrogen) atoms. The first-order valence-electron chi connectivity index (χ1n) is 4.42. The lowest BCUT2D eigenvalue weighted by atomic mass is 10.0. The van der Waals surface area contributed by atoms with E-state index in [9.17, 15) is 0 Å². The Morgan fingerprint density at radius 1 is 1.60 bits per heavy atom. The van der Waals surface area contributed by atoms with Gasteiger partial charge < -0.3 is 5.32 Å². The molecule has 1 heteroatoms. The van der Waals surface area contributed by atoms with Crippen LogP contribution in [0.25, 0.3) is 0 Å². The minimum Gasteiger partial charge on any atom is -0.314 e. The third kappa shape index (κ3) is 1.72. The van der Waals surface area contributed by atoms with Crippen LogP contribution in [-0.4, -0.2) is 12.6 Å². The van der Waals surface area contributed by atoms with Crippen LogP contribution in [-0.2, 0) is 0 Å². The van der Waals surface area contributed by atoms with Gasteiger partial charge in [-0.1, -0.05) is 13.8 Å². The summed E-state index contributed by atoms with van der Waals surface area (Å²) < 4.78 is 0. The highest BCUT2D eigenvalue weighted by molar-refractivity contribution is 4.96. The molecule has 1 atom stereocenters. The second-order valence-electron chi connectivity index (χ2n) is 3.83. The molecule has 0 aromatic heterocycles. The molecule has 0 aromatic rings. The smallest absolute Gasteiger partial charge is 0.00925 e. The van der Waals surface area contributed by atoms with E-state index in [1.807, 2.05) is 0 Å². The Morgan fingerprint density at radius 3 is 2.60 bits per heavy atom. The maximum Gasteiger partial charge on any atom is 0.00925 e. The Labute approximate surface area is 65.7 Å². The molecule has 0 spiro atoms. The topological polar surface area (TPSA) is 12.0 Å². The second kappa shape index (κ2) is 2.91. The number of rotatable bonds is 4. The summed E-state index contributed by atoms with van der Waals surface area (Å²) in [6.07, 6.45) is 4.09. The Morgan fingerprint density at radius 2 is 2.20 bits per heavy atom. The quantitative estimate of drug-likeness (QED) is 0.637. The van der Waals surface area contributed by atoms with Gasteiger partial charge in [0.15, 0.2) is 0 Å². The molecule has 0 radical (unpaired) electrons. The van der Waals surface area contributed by atoms with Crippen molar-refractivity contribution in [2.24, 2.45) is 5.41 Å². The van der Waals surface area contributed by atoms with Crippen molar-refractivity contribution < 1.29 is 1.43 Å². The predicted octanol–water partition coefficient (Wildman–Crippen LogP) is 2.42. The third-order valence-corrected chi connectivity index (χ3v) is 2.78. The third-order valence-electron chi connectivity index (χ3n) is 2.78. The molecule has 1 saturated carbocycles. The molecule has 1 N–H and O–H groups in total. The van der Waals surface area contributed by atoms with E-state index in [-0.39, 0.29) is 1.43 Å². The van der Waals surface area contributed by atoms with Crippen molar-refractivity contribution in [2.75, 3.05) is 6.54 Å². The maximum absolute atomic E-state index is 3.53. The molecule has 0 heterocycles. The van der Waals surface area contributed by atoms with Gasteiger partial charge in [-0.3, -0.25) is 0 Å². The zero-order valence-corrected chi connectivity index (χ0v) is 7.41. The molecule has 0 bridgehead atoms. The zero-order chi connectivity index (χ0) is 7.61. The monoisotopic (exact) mass is 143 g/mol. The number of nitrogens with one attached hydrogen (secondary N) is 1. The second-order valence-corrected chi connectivity index (χ2v) is 3.83. The largest absolute Gasteiger partial charge is 0.314 e. The van der Waals surface area contributed by atoms with Crippen LogP contribution in [0.1, 0.15) is 41.5 Å². The van der Waals surface area contributed by atoms with Crippen molar-refractivity contribution in [3.8, 4) is 0 Å². The van der Waals surface area contributed by atoms with Crippen molar-refractivity contribution >= 4 is 0 Å². The molecular weight excluding hydrogens is 122 g/mol. The van der Waals surface area contributed by atoms with Gasteiger partial charge in [-0.15, -0.1) is 0 Å². The minimum absolute atomic E-state index is 0. The van der Waals surface area contributed by atoms with Gasteiger partial charge in [0.05, 0.1) is 0 Å². The first-order valence-corrected chi connectivity index (χ1v) is 4.42. The van der Waals surface area contributed by atoms with Crippen LogP contribution in [0.15, 0.2) is 0 Å². The standard InChI is InChI=1S/C9H19N.H2/c1-4-7-10-8(2)9(3)5-6-9;/h8,10H,4-7H2,1-3H3;1H/t8-;/m1./s1. The van der Waals surface area contributed by atoms with Crippen molar-refractivity contribution in [1.82, 2.24) is 5.32 Å². The molecule has 62 valence electrons. The lowest BCUT2D eigenvalue weighted by molar-refractivity contribution is 0.382. The van der Waals surface area contributed by atoms with Gasteiger partial charge in [0.25, 0.3) is 0 Å². The van der Waals surface area contributed by atoms with Gasteiger partial charge in [-0.05, 0) is 38.1 Å². The molecule has 1 aliphatic rings. The fourth-order valence-electron chi connectivity index (χ4n) is 1.24. The van der Waals surface area contributed by atoms with Gasteiger partial charge >= 0.3 is 0 Å². The molecule has 1 fully saturated rings. The average Bonchev–Trinajstić information content (AvgIpc) is 2.64. The van der Waals surface area contributed by atoms with Crippen LogP contribution in [0.3, 0.4) is 0 Å². The summed E-state index contributed by atoms with van der Waals surface area (Å²) in [5, 5.41) is 3.53. The molecular formula is C9H21N. The summed E-state index contributed by atoms with van der Waals surface area (Å²) in [6.45, 7) is 8.08. The maximum atomic E-state index is 3.53. The molecule has 0 aromatic carbocycles. The van der Waals surface area contributed by atoms with Crippen LogP contribution in [0.5, 0.6) is 0 Å². The zero-order valence-electron chi connectivity index (χ0n) is 7.41. The molecule has 0 aliphatic heterocycles. The Kier molecular flexibility index (Phi) is 2.35. The fraction of sp³-hybridized carbons (Fsp3) is 1.00. The molecule has 1 nitrogen and oxygen atoms in total. The van der Waals surface area contributed by atoms with Crippen molar-refractivity contribution in [2.45, 2.75) is 46.1 Å². The van der Waals surface area contributed by atoms with Crippen LogP contribution >= 0.6 is 0 Å². The average molecular weight is 143 g/mol. The van der Waals surface area contributed by atoms with Crippen molar-refractivity contribution in [1.29, 1.82) is 0 Å². The van der Waals surface area contributed by atoms with Crippen LogP contribution in [0.2, 0.25) is 0 Å². The van der Waals surface area contributed by atoms with Gasteiger partial charge in [0.2, 0.25) is 0 Å². The highest BCUT2D eigenvalue weighted by Crippen LogP contribution is 2.47. The summed E-state index contributed by atoms with van der Waals surface area (Å²) in [5.74, 6) is 0. The number of hydrogen-bond donors (Lipinski definition) is 1. The summed E-state index contributed by atoms with van der Waals surface area (Å²) in [5.41, 5.74) is 0.648. The molecule has 1 rings (SSSR count). The van der Waals surface area contributed by atoms with Crippen LogP contribution in [0, 0.1) is 5.41 Å². The van der Waals surface area contributed by atoms with Crippen molar-refractivity contribution in [3.05, 3.63) is 0 Å². The Hall–Kier alpha value is -0.0400. The van der Waals surface area contributed by atoms with E-state index in [0.29, 0.717) is 5.41 Å². The minimum atomic E-state index is 0. The number of hydrogen-bond acceptors (Lipinski definition) is 1.